The smallest absolute Gasteiger partial charge is 0.0702 e. The Morgan fingerprint density at radius 2 is 1.60 bits per heavy atom. The fraction of sp³-hybridized carbons (Fsp3) is 0.294. The average Bonchev–Trinajstić information content (AvgIpc) is 2.69. The lowest BCUT2D eigenvalue weighted by atomic mass is 10.0. The van der Waals surface area contributed by atoms with Gasteiger partial charge in [-0.3, -0.25) is 0 Å². The van der Waals surface area contributed by atoms with Gasteiger partial charge in [0.25, 0.3) is 0 Å². The van der Waals surface area contributed by atoms with Crippen molar-refractivity contribution in [3.8, 4) is 0 Å². The predicted molar refractivity (Wildman–Crippen MR) is 83.4 cm³/mol. The Hall–Kier alpha value is -1.51. The Balaban J connectivity index is 1.91. The van der Waals surface area contributed by atoms with Crippen molar-refractivity contribution in [2.45, 2.75) is 19.4 Å². The van der Waals surface area contributed by atoms with Crippen LogP contribution in [0.15, 0.2) is 42.5 Å². The van der Waals surface area contributed by atoms with E-state index in [4.69, 9.17) is 11.6 Å². The summed E-state index contributed by atoms with van der Waals surface area (Å²) in [6, 6.07) is 14.3. The third-order valence-corrected chi connectivity index (χ3v) is 4.28. The second-order valence-corrected chi connectivity index (χ2v) is 5.57. The lowest BCUT2D eigenvalue weighted by Gasteiger charge is -2.26. The normalized spacial score (nSPS) is 14.8. The van der Waals surface area contributed by atoms with E-state index in [0.29, 0.717) is 0 Å². The molecule has 0 atom stereocenters. The highest BCUT2D eigenvalue weighted by Crippen LogP contribution is 2.31. The SMILES string of the molecule is OCc1cccc(Cl)c1N1CCc2ccccc2CC1. The summed E-state index contributed by atoms with van der Waals surface area (Å²) in [7, 11) is 0. The average molecular weight is 288 g/mol. The van der Waals surface area contributed by atoms with Crippen LogP contribution in [0.5, 0.6) is 0 Å². The molecule has 0 unspecified atom stereocenters. The highest BCUT2D eigenvalue weighted by molar-refractivity contribution is 6.33. The molecule has 1 N–H and O–H groups in total. The number of halogens is 1. The number of rotatable bonds is 2. The van der Waals surface area contributed by atoms with Gasteiger partial charge in [-0.1, -0.05) is 48.0 Å². The van der Waals surface area contributed by atoms with E-state index in [9.17, 15) is 5.11 Å². The Kier molecular flexibility index (Phi) is 3.95. The summed E-state index contributed by atoms with van der Waals surface area (Å²) in [5, 5.41) is 10.3. The number of nitrogens with zero attached hydrogens (tertiary/aromatic N) is 1. The zero-order valence-electron chi connectivity index (χ0n) is 11.3. The molecule has 0 saturated carbocycles. The zero-order chi connectivity index (χ0) is 13.9. The van der Waals surface area contributed by atoms with Crippen molar-refractivity contribution in [2.75, 3.05) is 18.0 Å². The molecule has 2 aromatic rings. The summed E-state index contributed by atoms with van der Waals surface area (Å²) in [5.41, 5.74) is 4.74. The maximum Gasteiger partial charge on any atom is 0.0702 e. The zero-order valence-corrected chi connectivity index (χ0v) is 12.1. The standard InChI is InChI=1S/C17H18ClNO/c18-16-7-3-6-15(12-20)17(16)19-10-8-13-4-1-2-5-14(13)9-11-19/h1-7,20H,8-12H2. The van der Waals surface area contributed by atoms with Crippen LogP contribution < -0.4 is 4.90 Å². The summed E-state index contributed by atoms with van der Waals surface area (Å²) in [6.45, 7) is 1.90. The van der Waals surface area contributed by atoms with Gasteiger partial charge in [0.15, 0.2) is 0 Å². The third kappa shape index (κ3) is 2.54. The van der Waals surface area contributed by atoms with Crippen LogP contribution in [-0.4, -0.2) is 18.2 Å². The molecule has 104 valence electrons. The Labute approximate surface area is 124 Å². The molecule has 0 radical (unpaired) electrons. The number of para-hydroxylation sites is 1. The molecule has 0 fully saturated rings. The van der Waals surface area contributed by atoms with Crippen molar-refractivity contribution in [2.24, 2.45) is 0 Å². The van der Waals surface area contributed by atoms with Gasteiger partial charge in [0.05, 0.1) is 17.3 Å². The van der Waals surface area contributed by atoms with E-state index in [1.165, 1.54) is 11.1 Å². The van der Waals surface area contributed by atoms with Crippen molar-refractivity contribution >= 4 is 17.3 Å². The van der Waals surface area contributed by atoms with Crippen LogP contribution in [0.3, 0.4) is 0 Å². The first-order valence-electron chi connectivity index (χ1n) is 6.99. The molecule has 20 heavy (non-hydrogen) atoms. The van der Waals surface area contributed by atoms with Gasteiger partial charge in [-0.05, 0) is 30.0 Å². The van der Waals surface area contributed by atoms with Crippen LogP contribution in [0.4, 0.5) is 5.69 Å². The molecule has 0 spiro atoms. The molecule has 3 rings (SSSR count). The predicted octanol–water partition coefficient (Wildman–Crippen LogP) is 3.44. The molecule has 1 aliphatic rings. The lowest BCUT2D eigenvalue weighted by molar-refractivity contribution is 0.282. The number of aliphatic hydroxyl groups is 1. The first-order valence-corrected chi connectivity index (χ1v) is 7.37. The van der Waals surface area contributed by atoms with E-state index in [2.05, 4.69) is 29.2 Å². The van der Waals surface area contributed by atoms with Crippen LogP contribution in [0.1, 0.15) is 16.7 Å². The number of benzene rings is 2. The van der Waals surface area contributed by atoms with Gasteiger partial charge in [0.2, 0.25) is 0 Å². The van der Waals surface area contributed by atoms with Gasteiger partial charge in [-0.25, -0.2) is 0 Å². The Bertz CT molecular complexity index is 585. The summed E-state index contributed by atoms with van der Waals surface area (Å²) >= 11 is 6.35. The van der Waals surface area contributed by atoms with Crippen molar-refractivity contribution in [1.29, 1.82) is 0 Å². The first-order chi connectivity index (χ1) is 9.79. The summed E-state index contributed by atoms with van der Waals surface area (Å²) in [4.78, 5) is 2.30. The van der Waals surface area contributed by atoms with Crippen molar-refractivity contribution in [3.63, 3.8) is 0 Å². The maximum atomic E-state index is 9.53. The first kappa shape index (κ1) is 13.5. The number of fused-ring (bicyclic) bond motifs is 1. The van der Waals surface area contributed by atoms with Crippen LogP contribution in [0, 0.1) is 0 Å². The highest BCUT2D eigenvalue weighted by Gasteiger charge is 2.18. The molecule has 0 aliphatic carbocycles. The molecule has 2 nitrogen and oxygen atoms in total. The number of hydrogen-bond donors (Lipinski definition) is 1. The van der Waals surface area contributed by atoms with E-state index < -0.39 is 0 Å². The van der Waals surface area contributed by atoms with Crippen molar-refractivity contribution in [1.82, 2.24) is 0 Å². The van der Waals surface area contributed by atoms with Gasteiger partial charge in [-0.2, -0.15) is 0 Å². The van der Waals surface area contributed by atoms with Crippen LogP contribution in [0.25, 0.3) is 0 Å². The van der Waals surface area contributed by atoms with E-state index in [-0.39, 0.29) is 6.61 Å². The second kappa shape index (κ2) is 5.86. The number of aliphatic hydroxyl groups excluding tert-OH is 1. The van der Waals surface area contributed by atoms with Crippen LogP contribution in [0.2, 0.25) is 5.02 Å². The molecule has 0 bridgehead atoms. The van der Waals surface area contributed by atoms with E-state index in [1.54, 1.807) is 0 Å². The summed E-state index contributed by atoms with van der Waals surface area (Å²) in [6.07, 6.45) is 2.04. The van der Waals surface area contributed by atoms with Gasteiger partial charge >= 0.3 is 0 Å². The monoisotopic (exact) mass is 287 g/mol. The molecule has 0 amide bonds. The fourth-order valence-electron chi connectivity index (χ4n) is 2.93. The quantitative estimate of drug-likeness (QED) is 0.915. The minimum atomic E-state index is 0.0271. The van der Waals surface area contributed by atoms with Gasteiger partial charge < -0.3 is 10.0 Å². The third-order valence-electron chi connectivity index (χ3n) is 3.98. The minimum Gasteiger partial charge on any atom is -0.392 e. The highest BCUT2D eigenvalue weighted by atomic mass is 35.5. The van der Waals surface area contributed by atoms with E-state index in [0.717, 1.165) is 42.2 Å². The molecule has 1 heterocycles. The molecular weight excluding hydrogens is 270 g/mol. The van der Waals surface area contributed by atoms with Crippen molar-refractivity contribution < 1.29 is 5.11 Å². The van der Waals surface area contributed by atoms with Gasteiger partial charge in [0, 0.05) is 18.7 Å². The van der Waals surface area contributed by atoms with Gasteiger partial charge in [0.1, 0.15) is 0 Å². The largest absolute Gasteiger partial charge is 0.392 e. The fourth-order valence-corrected chi connectivity index (χ4v) is 3.25. The molecule has 0 saturated heterocycles. The molecule has 1 aliphatic heterocycles. The molecule has 3 heteroatoms. The van der Waals surface area contributed by atoms with Crippen LogP contribution in [-0.2, 0) is 19.4 Å². The summed E-state index contributed by atoms with van der Waals surface area (Å²) < 4.78 is 0. The topological polar surface area (TPSA) is 23.5 Å². The van der Waals surface area contributed by atoms with E-state index in [1.807, 2.05) is 18.2 Å². The van der Waals surface area contributed by atoms with Crippen molar-refractivity contribution in [3.05, 3.63) is 64.2 Å². The molecular formula is C17H18ClNO. The Morgan fingerprint density at radius 1 is 0.950 bits per heavy atom. The molecule has 2 aromatic carbocycles. The van der Waals surface area contributed by atoms with E-state index >= 15 is 0 Å². The van der Waals surface area contributed by atoms with Crippen LogP contribution >= 0.6 is 11.6 Å². The van der Waals surface area contributed by atoms with Gasteiger partial charge in [-0.15, -0.1) is 0 Å². The number of anilines is 1. The maximum absolute atomic E-state index is 9.53. The second-order valence-electron chi connectivity index (χ2n) is 5.16. The Morgan fingerprint density at radius 3 is 2.20 bits per heavy atom. The number of hydrogen-bond acceptors (Lipinski definition) is 2. The summed E-state index contributed by atoms with van der Waals surface area (Å²) in [5.74, 6) is 0. The lowest BCUT2D eigenvalue weighted by Crippen LogP contribution is -2.27. The minimum absolute atomic E-state index is 0.0271. The molecule has 0 aromatic heterocycles.